The first-order valence-electron chi connectivity index (χ1n) is 13.6. The molecule has 200 valence electrons. The number of ether oxygens (including phenoxy) is 1. The number of hydrogen-bond donors (Lipinski definition) is 2. The summed E-state index contributed by atoms with van der Waals surface area (Å²) in [6.07, 6.45) is 4.04. The maximum absolute atomic E-state index is 12.8. The SMILES string of the molecule is O=C(NCCCCCC(=O)N1CCC(C(O)(c2ccccc2)c2ccccc2)CC1)OCc1ccccc1. The van der Waals surface area contributed by atoms with Crippen LogP contribution in [0.3, 0.4) is 0 Å². The second-order valence-electron chi connectivity index (χ2n) is 9.95. The van der Waals surface area contributed by atoms with Gasteiger partial charge in [-0.15, -0.1) is 0 Å². The molecule has 6 nitrogen and oxygen atoms in total. The Morgan fingerprint density at radius 2 is 1.37 bits per heavy atom. The fourth-order valence-electron chi connectivity index (χ4n) is 5.27. The summed E-state index contributed by atoms with van der Waals surface area (Å²) < 4.78 is 5.21. The third-order valence-corrected chi connectivity index (χ3v) is 7.42. The summed E-state index contributed by atoms with van der Waals surface area (Å²) in [5, 5.41) is 14.8. The quantitative estimate of drug-likeness (QED) is 0.324. The van der Waals surface area contributed by atoms with Crippen molar-refractivity contribution in [2.75, 3.05) is 19.6 Å². The fraction of sp³-hybridized carbons (Fsp3) is 0.375. The summed E-state index contributed by atoms with van der Waals surface area (Å²) in [7, 11) is 0. The lowest BCUT2D eigenvalue weighted by Crippen LogP contribution is -2.46. The third kappa shape index (κ3) is 7.23. The average Bonchev–Trinajstić information content (AvgIpc) is 2.99. The van der Waals surface area contributed by atoms with Gasteiger partial charge in [-0.3, -0.25) is 4.79 Å². The molecule has 0 unspecified atom stereocenters. The zero-order chi connectivity index (χ0) is 26.6. The van der Waals surface area contributed by atoms with Gasteiger partial charge in [0, 0.05) is 26.1 Å². The summed E-state index contributed by atoms with van der Waals surface area (Å²) in [5.74, 6) is 0.200. The first-order valence-corrected chi connectivity index (χ1v) is 13.6. The van der Waals surface area contributed by atoms with Gasteiger partial charge in [0.25, 0.3) is 0 Å². The van der Waals surface area contributed by atoms with Crippen LogP contribution in [-0.2, 0) is 21.7 Å². The van der Waals surface area contributed by atoms with E-state index in [0.717, 1.165) is 48.8 Å². The highest BCUT2D eigenvalue weighted by Crippen LogP contribution is 2.41. The predicted molar refractivity (Wildman–Crippen MR) is 148 cm³/mol. The number of alkyl carbamates (subject to hydrolysis) is 1. The Morgan fingerprint density at radius 3 is 1.95 bits per heavy atom. The molecule has 0 spiro atoms. The minimum Gasteiger partial charge on any atom is -0.445 e. The molecule has 1 heterocycles. The predicted octanol–water partition coefficient (Wildman–Crippen LogP) is 5.65. The number of unbranched alkanes of at least 4 members (excludes halogenated alkanes) is 2. The summed E-state index contributed by atoms with van der Waals surface area (Å²) in [5.41, 5.74) is 1.67. The van der Waals surface area contributed by atoms with Gasteiger partial charge >= 0.3 is 6.09 Å². The van der Waals surface area contributed by atoms with Crippen molar-refractivity contribution < 1.29 is 19.4 Å². The number of carbonyl (C=O) groups excluding carboxylic acids is 2. The molecule has 0 bridgehead atoms. The van der Waals surface area contributed by atoms with Crippen molar-refractivity contribution in [2.45, 2.75) is 50.7 Å². The molecule has 3 aromatic rings. The van der Waals surface area contributed by atoms with Crippen LogP contribution in [0.25, 0.3) is 0 Å². The molecule has 3 aromatic carbocycles. The maximum Gasteiger partial charge on any atom is 0.407 e. The zero-order valence-electron chi connectivity index (χ0n) is 21.9. The highest BCUT2D eigenvalue weighted by Gasteiger charge is 2.41. The maximum atomic E-state index is 12.8. The van der Waals surface area contributed by atoms with E-state index in [4.69, 9.17) is 4.74 Å². The van der Waals surface area contributed by atoms with Gasteiger partial charge in [-0.2, -0.15) is 0 Å². The van der Waals surface area contributed by atoms with Gasteiger partial charge in [0.05, 0.1) is 0 Å². The summed E-state index contributed by atoms with van der Waals surface area (Å²) in [4.78, 5) is 26.6. The number of nitrogens with zero attached hydrogens (tertiary/aromatic N) is 1. The van der Waals surface area contributed by atoms with E-state index in [0.29, 0.717) is 26.1 Å². The molecular formula is C32H38N2O4. The molecule has 1 fully saturated rings. The Kier molecular flexibility index (Phi) is 9.93. The molecule has 0 saturated carbocycles. The van der Waals surface area contributed by atoms with Gasteiger partial charge in [-0.05, 0) is 48.3 Å². The third-order valence-electron chi connectivity index (χ3n) is 7.42. The summed E-state index contributed by atoms with van der Waals surface area (Å²) in [6, 6.07) is 29.3. The van der Waals surface area contributed by atoms with Gasteiger partial charge in [0.1, 0.15) is 12.2 Å². The molecule has 6 heteroatoms. The monoisotopic (exact) mass is 514 g/mol. The second kappa shape index (κ2) is 13.8. The Bertz CT molecular complexity index is 1090. The molecule has 0 radical (unpaired) electrons. The number of hydrogen-bond acceptors (Lipinski definition) is 4. The molecule has 2 amide bonds. The molecule has 0 aromatic heterocycles. The number of amides is 2. The Labute approximate surface area is 225 Å². The van der Waals surface area contributed by atoms with Crippen molar-refractivity contribution in [3.05, 3.63) is 108 Å². The van der Waals surface area contributed by atoms with Crippen molar-refractivity contribution in [1.82, 2.24) is 10.2 Å². The Morgan fingerprint density at radius 1 is 0.816 bits per heavy atom. The van der Waals surface area contributed by atoms with Crippen LogP contribution < -0.4 is 5.32 Å². The number of likely N-dealkylation sites (tertiary alicyclic amines) is 1. The van der Waals surface area contributed by atoms with Crippen molar-refractivity contribution >= 4 is 12.0 Å². The van der Waals surface area contributed by atoms with Crippen molar-refractivity contribution in [3.63, 3.8) is 0 Å². The summed E-state index contributed by atoms with van der Waals surface area (Å²) >= 11 is 0. The van der Waals surface area contributed by atoms with E-state index >= 15 is 0 Å². The van der Waals surface area contributed by atoms with Crippen LogP contribution in [0.4, 0.5) is 4.79 Å². The minimum atomic E-state index is -1.08. The van der Waals surface area contributed by atoms with Crippen molar-refractivity contribution in [3.8, 4) is 0 Å². The van der Waals surface area contributed by atoms with E-state index in [9.17, 15) is 14.7 Å². The Hall–Kier alpha value is -3.64. The van der Waals surface area contributed by atoms with E-state index < -0.39 is 11.7 Å². The van der Waals surface area contributed by atoms with E-state index in [1.165, 1.54) is 0 Å². The van der Waals surface area contributed by atoms with Crippen LogP contribution in [0.5, 0.6) is 0 Å². The first-order chi connectivity index (χ1) is 18.6. The topological polar surface area (TPSA) is 78.9 Å². The molecule has 1 aliphatic heterocycles. The molecule has 2 N–H and O–H groups in total. The molecule has 1 aliphatic rings. The van der Waals surface area contributed by atoms with Crippen molar-refractivity contribution in [1.29, 1.82) is 0 Å². The molecule has 1 saturated heterocycles. The van der Waals surface area contributed by atoms with Crippen LogP contribution in [0.15, 0.2) is 91.0 Å². The van der Waals surface area contributed by atoms with Gasteiger partial charge in [-0.25, -0.2) is 4.79 Å². The number of nitrogens with one attached hydrogen (secondary N) is 1. The standard InChI is InChI=1S/C32H38N2O4/c35-30(19-11-4-12-22-33-31(36)38-25-26-13-5-1-6-14-26)34-23-20-29(21-24-34)32(37,27-15-7-2-8-16-27)28-17-9-3-10-18-28/h1-3,5-10,13-18,29,37H,4,11-12,19-25H2,(H,33,36). The number of benzene rings is 3. The van der Waals surface area contributed by atoms with E-state index in [1.54, 1.807) is 0 Å². The van der Waals surface area contributed by atoms with Crippen LogP contribution in [0.1, 0.15) is 55.2 Å². The smallest absolute Gasteiger partial charge is 0.407 e. The summed E-state index contributed by atoms with van der Waals surface area (Å²) in [6.45, 7) is 2.09. The van der Waals surface area contributed by atoms with E-state index in [2.05, 4.69) is 5.32 Å². The van der Waals surface area contributed by atoms with Crippen LogP contribution in [0.2, 0.25) is 0 Å². The average molecular weight is 515 g/mol. The number of piperidine rings is 1. The van der Waals surface area contributed by atoms with Crippen LogP contribution in [-0.4, -0.2) is 41.6 Å². The lowest BCUT2D eigenvalue weighted by Gasteiger charge is -2.42. The normalized spacial score (nSPS) is 14.2. The largest absolute Gasteiger partial charge is 0.445 e. The van der Waals surface area contributed by atoms with Crippen LogP contribution >= 0.6 is 0 Å². The number of carbonyl (C=O) groups is 2. The molecular weight excluding hydrogens is 476 g/mol. The molecule has 0 aliphatic carbocycles. The minimum absolute atomic E-state index is 0.0315. The second-order valence-corrected chi connectivity index (χ2v) is 9.95. The highest BCUT2D eigenvalue weighted by atomic mass is 16.5. The van der Waals surface area contributed by atoms with Gasteiger partial charge in [0.15, 0.2) is 0 Å². The van der Waals surface area contributed by atoms with Crippen LogP contribution in [0, 0.1) is 5.92 Å². The first kappa shape index (κ1) is 27.4. The molecule has 4 rings (SSSR count). The van der Waals surface area contributed by atoms with Crippen molar-refractivity contribution in [2.24, 2.45) is 5.92 Å². The van der Waals surface area contributed by atoms with E-state index in [-0.39, 0.29) is 18.4 Å². The lowest BCUT2D eigenvalue weighted by molar-refractivity contribution is -0.134. The Balaban J connectivity index is 1.17. The van der Waals surface area contributed by atoms with Gasteiger partial charge in [-0.1, -0.05) is 97.4 Å². The molecule has 0 atom stereocenters. The van der Waals surface area contributed by atoms with Gasteiger partial charge in [0.2, 0.25) is 5.91 Å². The zero-order valence-corrected chi connectivity index (χ0v) is 21.9. The lowest BCUT2D eigenvalue weighted by atomic mass is 9.72. The highest BCUT2D eigenvalue weighted by molar-refractivity contribution is 5.76. The molecule has 38 heavy (non-hydrogen) atoms. The van der Waals surface area contributed by atoms with Gasteiger partial charge < -0.3 is 20.1 Å². The number of aliphatic hydroxyl groups is 1. The van der Waals surface area contributed by atoms with E-state index in [1.807, 2.05) is 95.9 Å². The number of rotatable bonds is 11. The fourth-order valence-corrected chi connectivity index (χ4v) is 5.27.